The Morgan fingerprint density at radius 2 is 1.82 bits per heavy atom. The van der Waals surface area contributed by atoms with E-state index in [1.54, 1.807) is 30.5 Å². The van der Waals surface area contributed by atoms with Crippen molar-refractivity contribution in [2.24, 2.45) is 5.92 Å². The average Bonchev–Trinajstić information content (AvgIpc) is 3.26. The molecule has 1 fully saturated rings. The number of fused-ring (bicyclic) bond motifs is 1. The number of hydrogen-bond donors (Lipinski definition) is 2. The van der Waals surface area contributed by atoms with Gasteiger partial charge in [0.1, 0.15) is 11.3 Å². The Morgan fingerprint density at radius 1 is 1.12 bits per heavy atom. The van der Waals surface area contributed by atoms with Gasteiger partial charge >= 0.3 is 6.09 Å². The summed E-state index contributed by atoms with van der Waals surface area (Å²) in [7, 11) is 1.58. The normalized spacial score (nSPS) is 14.8. The Morgan fingerprint density at radius 3 is 2.47 bits per heavy atom. The van der Waals surface area contributed by atoms with E-state index in [0.29, 0.717) is 42.7 Å². The molecule has 0 unspecified atom stereocenters. The van der Waals surface area contributed by atoms with Gasteiger partial charge in [0, 0.05) is 57.0 Å². The van der Waals surface area contributed by atoms with Crippen molar-refractivity contribution in [2.45, 2.75) is 39.2 Å². The minimum Gasteiger partial charge on any atom is -0.444 e. The number of anilines is 1. The van der Waals surface area contributed by atoms with Gasteiger partial charge < -0.3 is 24.7 Å². The number of ether oxygens (including phenoxy) is 1. The van der Waals surface area contributed by atoms with E-state index >= 15 is 0 Å². The van der Waals surface area contributed by atoms with E-state index in [0.717, 1.165) is 24.1 Å². The van der Waals surface area contributed by atoms with Crippen LogP contribution in [0.1, 0.15) is 44.1 Å². The van der Waals surface area contributed by atoms with E-state index in [2.05, 4.69) is 20.6 Å². The van der Waals surface area contributed by atoms with Crippen molar-refractivity contribution >= 4 is 23.5 Å². The van der Waals surface area contributed by atoms with Crippen LogP contribution in [0.15, 0.2) is 36.9 Å². The Bertz CT molecular complexity index is 1160. The van der Waals surface area contributed by atoms with Crippen molar-refractivity contribution in [2.75, 3.05) is 32.0 Å². The minimum absolute atomic E-state index is 0.255. The van der Waals surface area contributed by atoms with E-state index in [1.807, 2.05) is 43.5 Å². The number of nitrogens with zero attached hydrogens (tertiary/aromatic N) is 5. The number of nitrogens with one attached hydrogen (secondary N) is 2. The van der Waals surface area contributed by atoms with Crippen LogP contribution in [-0.2, 0) is 4.74 Å². The van der Waals surface area contributed by atoms with Crippen molar-refractivity contribution < 1.29 is 14.3 Å². The van der Waals surface area contributed by atoms with Crippen LogP contribution in [0.2, 0.25) is 0 Å². The molecular weight excluding hydrogens is 434 g/mol. The molecule has 0 spiro atoms. The monoisotopic (exact) mass is 465 g/mol. The lowest BCUT2D eigenvalue weighted by atomic mass is 9.97. The Hall–Kier alpha value is -3.69. The van der Waals surface area contributed by atoms with Gasteiger partial charge in [0.05, 0.1) is 5.69 Å². The molecule has 0 radical (unpaired) electrons. The molecule has 0 atom stereocenters. The fraction of sp³-hybridized carbons (Fsp3) is 0.458. The molecular formula is C24H31N7O3. The van der Waals surface area contributed by atoms with Gasteiger partial charge in [-0.25, -0.2) is 14.8 Å². The maximum atomic E-state index is 12.3. The molecule has 0 saturated carbocycles. The van der Waals surface area contributed by atoms with Crippen molar-refractivity contribution in [3.63, 3.8) is 0 Å². The molecule has 0 aromatic carbocycles. The second-order valence-corrected chi connectivity index (χ2v) is 9.44. The second kappa shape index (κ2) is 9.66. The highest BCUT2D eigenvalue weighted by Gasteiger charge is 2.27. The van der Waals surface area contributed by atoms with Crippen LogP contribution in [0.3, 0.4) is 0 Å². The molecule has 0 aliphatic carbocycles. The first-order valence-corrected chi connectivity index (χ1v) is 11.5. The summed E-state index contributed by atoms with van der Waals surface area (Å²) < 4.78 is 7.31. The van der Waals surface area contributed by atoms with Crippen LogP contribution in [0.25, 0.3) is 16.9 Å². The number of imidazole rings is 1. The highest BCUT2D eigenvalue weighted by Crippen LogP contribution is 2.24. The van der Waals surface area contributed by atoms with Crippen molar-refractivity contribution in [1.29, 1.82) is 0 Å². The fourth-order valence-corrected chi connectivity index (χ4v) is 3.90. The molecule has 0 bridgehead atoms. The standard InChI is InChI=1S/C24H31N7O3/c1-24(2,3)34-23(33)30-11-7-16(8-12-30)13-27-20-21-29-19(22(32)25-4)15-31(21)14-18(28-20)17-5-9-26-10-6-17/h5-6,9-10,14-16H,7-8,11-13H2,1-4H3,(H,25,32)(H,27,28). The number of hydrogen-bond acceptors (Lipinski definition) is 7. The molecule has 180 valence electrons. The van der Waals surface area contributed by atoms with Gasteiger partial charge in [-0.1, -0.05) is 0 Å². The Labute approximate surface area is 198 Å². The van der Waals surface area contributed by atoms with Crippen LogP contribution in [0, 0.1) is 5.92 Å². The highest BCUT2D eigenvalue weighted by molar-refractivity contribution is 5.93. The quantitative estimate of drug-likeness (QED) is 0.595. The van der Waals surface area contributed by atoms with E-state index in [1.165, 1.54) is 0 Å². The fourth-order valence-electron chi connectivity index (χ4n) is 3.90. The predicted octanol–water partition coefficient (Wildman–Crippen LogP) is 3.21. The molecule has 4 heterocycles. The second-order valence-electron chi connectivity index (χ2n) is 9.44. The molecule has 3 aromatic heterocycles. The first-order chi connectivity index (χ1) is 16.2. The number of piperidine rings is 1. The molecule has 1 saturated heterocycles. The molecule has 1 aliphatic rings. The summed E-state index contributed by atoms with van der Waals surface area (Å²) >= 11 is 0. The lowest BCUT2D eigenvalue weighted by Crippen LogP contribution is -2.42. The van der Waals surface area contributed by atoms with Gasteiger partial charge in [0.15, 0.2) is 11.5 Å². The maximum absolute atomic E-state index is 12.3. The zero-order valence-electron chi connectivity index (χ0n) is 20.0. The lowest BCUT2D eigenvalue weighted by Gasteiger charge is -2.33. The number of pyridine rings is 1. The zero-order chi connectivity index (χ0) is 24.3. The van der Waals surface area contributed by atoms with Gasteiger partial charge in [0.25, 0.3) is 5.91 Å². The van der Waals surface area contributed by atoms with Gasteiger partial charge in [-0.05, 0) is 51.7 Å². The largest absolute Gasteiger partial charge is 0.444 e. The third-order valence-corrected chi connectivity index (χ3v) is 5.70. The minimum atomic E-state index is -0.496. The molecule has 4 rings (SSSR count). The maximum Gasteiger partial charge on any atom is 0.410 e. The number of amides is 2. The van der Waals surface area contributed by atoms with Gasteiger partial charge in [-0.2, -0.15) is 0 Å². The van der Waals surface area contributed by atoms with E-state index in [9.17, 15) is 9.59 Å². The van der Waals surface area contributed by atoms with E-state index < -0.39 is 5.60 Å². The number of carbonyl (C=O) groups is 2. The predicted molar refractivity (Wildman–Crippen MR) is 129 cm³/mol. The van der Waals surface area contributed by atoms with Gasteiger partial charge in [-0.15, -0.1) is 0 Å². The van der Waals surface area contributed by atoms with E-state index in [4.69, 9.17) is 9.72 Å². The summed E-state index contributed by atoms with van der Waals surface area (Å²) in [6, 6.07) is 3.78. The average molecular weight is 466 g/mol. The Balaban J connectivity index is 1.49. The number of carbonyl (C=O) groups excluding carboxylic acids is 2. The van der Waals surface area contributed by atoms with Crippen molar-refractivity contribution in [3.05, 3.63) is 42.6 Å². The van der Waals surface area contributed by atoms with Crippen LogP contribution < -0.4 is 10.6 Å². The van der Waals surface area contributed by atoms with Crippen LogP contribution in [0.4, 0.5) is 10.6 Å². The van der Waals surface area contributed by atoms with Crippen LogP contribution in [0.5, 0.6) is 0 Å². The summed E-state index contributed by atoms with van der Waals surface area (Å²) in [5, 5.41) is 6.06. The molecule has 2 amide bonds. The number of aromatic nitrogens is 4. The summed E-state index contributed by atoms with van der Waals surface area (Å²) in [5.41, 5.74) is 2.08. The number of rotatable bonds is 5. The van der Waals surface area contributed by atoms with Crippen LogP contribution in [-0.4, -0.2) is 68.5 Å². The first kappa shape index (κ1) is 23.5. The third kappa shape index (κ3) is 5.44. The van der Waals surface area contributed by atoms with Gasteiger partial charge in [0.2, 0.25) is 0 Å². The van der Waals surface area contributed by atoms with Crippen molar-refractivity contribution in [3.8, 4) is 11.3 Å². The van der Waals surface area contributed by atoms with E-state index in [-0.39, 0.29) is 12.0 Å². The summed E-state index contributed by atoms with van der Waals surface area (Å²) in [6.07, 6.45) is 8.47. The lowest BCUT2D eigenvalue weighted by molar-refractivity contribution is 0.0188. The molecule has 10 heteroatoms. The Kier molecular flexibility index (Phi) is 6.67. The smallest absolute Gasteiger partial charge is 0.410 e. The molecule has 10 nitrogen and oxygen atoms in total. The topological polar surface area (TPSA) is 114 Å². The SMILES string of the molecule is CNC(=O)c1cn2cc(-c3ccncc3)nc(NCC3CCN(C(=O)OC(C)(C)C)CC3)c2n1. The summed E-state index contributed by atoms with van der Waals surface area (Å²) in [4.78, 5) is 39.6. The number of likely N-dealkylation sites (tertiary alicyclic amines) is 1. The molecule has 2 N–H and O–H groups in total. The van der Waals surface area contributed by atoms with Crippen molar-refractivity contribution in [1.82, 2.24) is 29.6 Å². The van der Waals surface area contributed by atoms with Crippen LogP contribution >= 0.6 is 0 Å². The molecule has 34 heavy (non-hydrogen) atoms. The third-order valence-electron chi connectivity index (χ3n) is 5.70. The van der Waals surface area contributed by atoms with Gasteiger partial charge in [-0.3, -0.25) is 9.78 Å². The first-order valence-electron chi connectivity index (χ1n) is 11.5. The molecule has 1 aliphatic heterocycles. The summed E-state index contributed by atoms with van der Waals surface area (Å²) in [6.45, 7) is 7.63. The zero-order valence-corrected chi connectivity index (χ0v) is 20.0. The highest BCUT2D eigenvalue weighted by atomic mass is 16.6. The molecule has 3 aromatic rings. The summed E-state index contributed by atoms with van der Waals surface area (Å²) in [5.74, 6) is 0.729.